The van der Waals surface area contributed by atoms with Crippen molar-refractivity contribution in [3.05, 3.63) is 17.3 Å². The Morgan fingerprint density at radius 1 is 1.53 bits per heavy atom. The Hall–Kier alpha value is -1.25. The minimum absolute atomic E-state index is 0.584. The molecule has 0 radical (unpaired) electrons. The molecule has 1 aliphatic carbocycles. The molecule has 1 unspecified atom stereocenters. The average molecular weight is 205 g/mol. The fraction of sp³-hybridized carbons (Fsp3) is 0.583. The van der Waals surface area contributed by atoms with Gasteiger partial charge in [0, 0.05) is 12.6 Å². The fourth-order valence-corrected chi connectivity index (χ4v) is 2.59. The molecule has 0 fully saturated rings. The van der Waals surface area contributed by atoms with E-state index in [4.69, 9.17) is 5.73 Å². The molecule has 3 nitrogen and oxygen atoms in total. The fourth-order valence-electron chi connectivity index (χ4n) is 2.59. The van der Waals surface area contributed by atoms with Gasteiger partial charge in [-0.05, 0) is 30.2 Å². The van der Waals surface area contributed by atoms with E-state index in [0.29, 0.717) is 11.8 Å². The molecule has 3 heteroatoms. The molecule has 0 bridgehead atoms. The molecule has 0 saturated heterocycles. The van der Waals surface area contributed by atoms with Gasteiger partial charge in [-0.15, -0.1) is 0 Å². The first-order valence-electron chi connectivity index (χ1n) is 5.60. The number of hydrogen-bond acceptors (Lipinski definition) is 3. The molecule has 1 aliphatic rings. The molecule has 0 spiro atoms. The highest BCUT2D eigenvalue weighted by Gasteiger charge is 2.29. The van der Waals surface area contributed by atoms with Crippen molar-refractivity contribution in [3.8, 4) is 0 Å². The van der Waals surface area contributed by atoms with Crippen LogP contribution in [0.1, 0.15) is 37.3 Å². The Bertz CT molecular complexity index is 371. The standard InChI is InChI=1S/C12H19N3/c1-7(2)8-4-5-9-10(14-3)6-15-12(13)11(8)9/h6-8,14H,4-5H2,1-3H3,(H2,13,15). The van der Waals surface area contributed by atoms with Gasteiger partial charge in [0.15, 0.2) is 0 Å². The Morgan fingerprint density at radius 2 is 2.27 bits per heavy atom. The zero-order valence-corrected chi connectivity index (χ0v) is 9.67. The number of anilines is 2. The summed E-state index contributed by atoms with van der Waals surface area (Å²) in [5.41, 5.74) is 9.79. The summed E-state index contributed by atoms with van der Waals surface area (Å²) in [6, 6.07) is 0. The van der Waals surface area contributed by atoms with Crippen molar-refractivity contribution < 1.29 is 0 Å². The molecule has 3 N–H and O–H groups in total. The van der Waals surface area contributed by atoms with E-state index in [1.54, 1.807) is 0 Å². The summed E-state index contributed by atoms with van der Waals surface area (Å²) in [6.07, 6.45) is 4.18. The van der Waals surface area contributed by atoms with Gasteiger partial charge < -0.3 is 11.1 Å². The molecule has 0 aromatic carbocycles. The van der Waals surface area contributed by atoms with Crippen LogP contribution in [-0.4, -0.2) is 12.0 Å². The highest BCUT2D eigenvalue weighted by atomic mass is 14.9. The van der Waals surface area contributed by atoms with Crippen LogP contribution in [0.15, 0.2) is 6.20 Å². The summed E-state index contributed by atoms with van der Waals surface area (Å²) in [7, 11) is 1.94. The first-order valence-corrected chi connectivity index (χ1v) is 5.60. The number of hydrogen-bond donors (Lipinski definition) is 2. The molecular formula is C12H19N3. The first-order chi connectivity index (χ1) is 7.15. The molecule has 0 aliphatic heterocycles. The third-order valence-corrected chi connectivity index (χ3v) is 3.41. The van der Waals surface area contributed by atoms with E-state index in [1.807, 2.05) is 13.2 Å². The van der Waals surface area contributed by atoms with Crippen molar-refractivity contribution in [2.24, 2.45) is 5.92 Å². The van der Waals surface area contributed by atoms with Crippen LogP contribution in [0.3, 0.4) is 0 Å². The second kappa shape index (κ2) is 3.72. The minimum Gasteiger partial charge on any atom is -0.387 e. The molecule has 1 heterocycles. The van der Waals surface area contributed by atoms with Crippen LogP contribution in [0, 0.1) is 5.92 Å². The summed E-state index contributed by atoms with van der Waals surface area (Å²) in [5.74, 6) is 1.95. The SMILES string of the molecule is CNc1cnc(N)c2c1CCC2C(C)C. The number of pyridine rings is 1. The van der Waals surface area contributed by atoms with Crippen LogP contribution < -0.4 is 11.1 Å². The lowest BCUT2D eigenvalue weighted by Crippen LogP contribution is -2.08. The average Bonchev–Trinajstić information content (AvgIpc) is 2.63. The Morgan fingerprint density at radius 3 is 2.87 bits per heavy atom. The smallest absolute Gasteiger partial charge is 0.127 e. The van der Waals surface area contributed by atoms with Crippen LogP contribution in [0.25, 0.3) is 0 Å². The number of fused-ring (bicyclic) bond motifs is 1. The van der Waals surface area contributed by atoms with Crippen molar-refractivity contribution in [2.45, 2.75) is 32.6 Å². The van der Waals surface area contributed by atoms with Crippen molar-refractivity contribution in [1.82, 2.24) is 4.98 Å². The predicted octanol–water partition coefficient (Wildman–Crippen LogP) is 2.39. The van der Waals surface area contributed by atoms with Gasteiger partial charge in [-0.3, -0.25) is 0 Å². The third kappa shape index (κ3) is 1.56. The highest BCUT2D eigenvalue weighted by molar-refractivity contribution is 5.62. The lowest BCUT2D eigenvalue weighted by atomic mass is 9.90. The van der Waals surface area contributed by atoms with Gasteiger partial charge in [-0.1, -0.05) is 13.8 Å². The largest absolute Gasteiger partial charge is 0.387 e. The summed E-state index contributed by atoms with van der Waals surface area (Å²) in [6.45, 7) is 4.51. The normalized spacial score (nSPS) is 19.3. The number of nitrogen functional groups attached to an aromatic ring is 1. The predicted molar refractivity (Wildman–Crippen MR) is 64.1 cm³/mol. The Kier molecular flexibility index (Phi) is 2.55. The van der Waals surface area contributed by atoms with Gasteiger partial charge in [0.2, 0.25) is 0 Å². The number of nitrogens with zero attached hydrogens (tertiary/aromatic N) is 1. The van der Waals surface area contributed by atoms with Crippen LogP contribution in [0.2, 0.25) is 0 Å². The lowest BCUT2D eigenvalue weighted by Gasteiger charge is -2.17. The summed E-state index contributed by atoms with van der Waals surface area (Å²) < 4.78 is 0. The second-order valence-electron chi connectivity index (χ2n) is 4.59. The maximum atomic E-state index is 5.98. The second-order valence-corrected chi connectivity index (χ2v) is 4.59. The van der Waals surface area contributed by atoms with Crippen LogP contribution >= 0.6 is 0 Å². The van der Waals surface area contributed by atoms with Crippen molar-refractivity contribution in [3.63, 3.8) is 0 Å². The molecular weight excluding hydrogens is 186 g/mol. The quantitative estimate of drug-likeness (QED) is 0.779. The summed E-state index contributed by atoms with van der Waals surface area (Å²) in [5, 5.41) is 3.20. The highest BCUT2D eigenvalue weighted by Crippen LogP contribution is 2.43. The van der Waals surface area contributed by atoms with Crippen molar-refractivity contribution in [1.29, 1.82) is 0 Å². The minimum atomic E-state index is 0.584. The van der Waals surface area contributed by atoms with Gasteiger partial charge in [-0.25, -0.2) is 4.98 Å². The van der Waals surface area contributed by atoms with Crippen molar-refractivity contribution in [2.75, 3.05) is 18.1 Å². The Labute approximate surface area is 91.1 Å². The number of nitrogens with one attached hydrogen (secondary N) is 1. The van der Waals surface area contributed by atoms with E-state index in [2.05, 4.69) is 24.1 Å². The van der Waals surface area contributed by atoms with Gasteiger partial charge in [0.25, 0.3) is 0 Å². The van der Waals surface area contributed by atoms with Crippen molar-refractivity contribution >= 4 is 11.5 Å². The molecule has 0 amide bonds. The molecule has 2 rings (SSSR count). The van der Waals surface area contributed by atoms with E-state index in [9.17, 15) is 0 Å². The lowest BCUT2D eigenvalue weighted by molar-refractivity contribution is 0.496. The number of nitrogens with two attached hydrogens (primary N) is 1. The number of aromatic nitrogens is 1. The third-order valence-electron chi connectivity index (χ3n) is 3.41. The zero-order valence-electron chi connectivity index (χ0n) is 9.67. The van der Waals surface area contributed by atoms with Gasteiger partial charge in [0.05, 0.1) is 11.9 Å². The van der Waals surface area contributed by atoms with E-state index >= 15 is 0 Å². The molecule has 0 saturated carbocycles. The molecule has 1 aromatic rings. The maximum absolute atomic E-state index is 5.98. The summed E-state index contributed by atoms with van der Waals surface area (Å²) in [4.78, 5) is 4.27. The molecule has 15 heavy (non-hydrogen) atoms. The topological polar surface area (TPSA) is 50.9 Å². The van der Waals surface area contributed by atoms with Gasteiger partial charge in [-0.2, -0.15) is 0 Å². The van der Waals surface area contributed by atoms with Gasteiger partial charge in [0.1, 0.15) is 5.82 Å². The van der Waals surface area contributed by atoms with E-state index in [-0.39, 0.29) is 0 Å². The maximum Gasteiger partial charge on any atom is 0.127 e. The molecule has 1 atom stereocenters. The van der Waals surface area contributed by atoms with E-state index in [0.717, 1.165) is 17.9 Å². The van der Waals surface area contributed by atoms with Crippen LogP contribution in [0.4, 0.5) is 11.5 Å². The molecule has 1 aromatic heterocycles. The van der Waals surface area contributed by atoms with E-state index in [1.165, 1.54) is 17.5 Å². The summed E-state index contributed by atoms with van der Waals surface area (Å²) >= 11 is 0. The van der Waals surface area contributed by atoms with Crippen LogP contribution in [-0.2, 0) is 6.42 Å². The first kappa shape index (κ1) is 10.3. The monoisotopic (exact) mass is 205 g/mol. The Balaban J connectivity index is 2.51. The van der Waals surface area contributed by atoms with E-state index < -0.39 is 0 Å². The van der Waals surface area contributed by atoms with Crippen LogP contribution in [0.5, 0.6) is 0 Å². The number of rotatable bonds is 2. The zero-order chi connectivity index (χ0) is 11.0. The molecule has 82 valence electrons. The van der Waals surface area contributed by atoms with Gasteiger partial charge >= 0.3 is 0 Å².